The van der Waals surface area contributed by atoms with Crippen LogP contribution in [0.25, 0.3) is 10.4 Å². The summed E-state index contributed by atoms with van der Waals surface area (Å²) < 4.78 is 0. The van der Waals surface area contributed by atoms with Gasteiger partial charge in [-0.2, -0.15) is 0 Å². The number of rotatable bonds is 5. The smallest absolute Gasteiger partial charge is 0.0891 e. The molecule has 102 valence electrons. The van der Waals surface area contributed by atoms with Crippen molar-refractivity contribution in [2.75, 3.05) is 0 Å². The average Bonchev–Trinajstić information content (AvgIpc) is 2.99. The maximum absolute atomic E-state index is 10.6. The minimum atomic E-state index is -0.738. The number of hydrogen-bond donors (Lipinski definition) is 2. The van der Waals surface area contributed by atoms with Crippen molar-refractivity contribution in [1.82, 2.24) is 0 Å². The molecule has 3 N–H and O–H groups in total. The lowest BCUT2D eigenvalue weighted by atomic mass is 9.86. The highest BCUT2D eigenvalue weighted by atomic mass is 32.1. The van der Waals surface area contributed by atoms with Crippen LogP contribution in [0.3, 0.4) is 0 Å². The third-order valence-electron chi connectivity index (χ3n) is 3.82. The minimum Gasteiger partial charge on any atom is -0.385 e. The average molecular weight is 275 g/mol. The highest BCUT2D eigenvalue weighted by Crippen LogP contribution is 2.34. The molecule has 0 amide bonds. The molecule has 0 aliphatic rings. The number of aliphatic hydroxyl groups is 1. The quantitative estimate of drug-likeness (QED) is 0.870. The Kier molecular flexibility index (Phi) is 4.40. The van der Waals surface area contributed by atoms with Gasteiger partial charge in [0, 0.05) is 11.4 Å². The molecule has 0 saturated carbocycles. The van der Waals surface area contributed by atoms with Crippen molar-refractivity contribution < 1.29 is 5.11 Å². The number of thiophene rings is 1. The van der Waals surface area contributed by atoms with Crippen LogP contribution in [-0.2, 0) is 12.1 Å². The maximum Gasteiger partial charge on any atom is 0.0891 e. The molecule has 0 radical (unpaired) electrons. The second kappa shape index (κ2) is 5.87. The maximum atomic E-state index is 10.6. The molecule has 19 heavy (non-hydrogen) atoms. The first-order valence-corrected chi connectivity index (χ1v) is 7.62. The Balaban J connectivity index is 2.47. The van der Waals surface area contributed by atoms with E-state index in [0.717, 1.165) is 11.1 Å². The van der Waals surface area contributed by atoms with Crippen molar-refractivity contribution in [3.63, 3.8) is 0 Å². The molecule has 1 aromatic heterocycles. The molecule has 0 bridgehead atoms. The van der Waals surface area contributed by atoms with Gasteiger partial charge in [0.25, 0.3) is 0 Å². The number of benzene rings is 1. The van der Waals surface area contributed by atoms with Crippen LogP contribution in [0, 0.1) is 0 Å². The van der Waals surface area contributed by atoms with Gasteiger partial charge < -0.3 is 10.8 Å². The van der Waals surface area contributed by atoms with Crippen LogP contribution in [0.5, 0.6) is 0 Å². The first kappa shape index (κ1) is 14.3. The molecule has 2 rings (SSSR count). The van der Waals surface area contributed by atoms with E-state index in [9.17, 15) is 5.11 Å². The van der Waals surface area contributed by atoms with Crippen molar-refractivity contribution in [1.29, 1.82) is 0 Å². The summed E-state index contributed by atoms with van der Waals surface area (Å²) in [5.74, 6) is 0. The molecule has 0 unspecified atom stereocenters. The lowest BCUT2D eigenvalue weighted by Crippen LogP contribution is -2.23. The van der Waals surface area contributed by atoms with E-state index in [4.69, 9.17) is 5.73 Å². The summed E-state index contributed by atoms with van der Waals surface area (Å²) in [6.45, 7) is 4.52. The summed E-state index contributed by atoms with van der Waals surface area (Å²) in [6, 6.07) is 10.3. The summed E-state index contributed by atoms with van der Waals surface area (Å²) in [6.07, 6.45) is 1.43. The molecule has 3 heteroatoms. The van der Waals surface area contributed by atoms with Gasteiger partial charge in [0.05, 0.1) is 5.60 Å². The van der Waals surface area contributed by atoms with Gasteiger partial charge in [0.1, 0.15) is 0 Å². The van der Waals surface area contributed by atoms with E-state index in [0.29, 0.717) is 19.4 Å². The fourth-order valence-electron chi connectivity index (χ4n) is 2.38. The predicted octanol–water partition coefficient (Wildman–Crippen LogP) is 3.88. The molecular formula is C16H21NOS. The molecule has 0 aliphatic heterocycles. The highest BCUT2D eigenvalue weighted by Gasteiger charge is 2.25. The van der Waals surface area contributed by atoms with Crippen molar-refractivity contribution in [3.05, 3.63) is 46.8 Å². The summed E-state index contributed by atoms with van der Waals surface area (Å²) in [5.41, 5.74) is 8.38. The van der Waals surface area contributed by atoms with Gasteiger partial charge in [-0.05, 0) is 41.0 Å². The van der Waals surface area contributed by atoms with Crippen LogP contribution in [0.2, 0.25) is 0 Å². The van der Waals surface area contributed by atoms with Crippen molar-refractivity contribution in [2.24, 2.45) is 5.73 Å². The third kappa shape index (κ3) is 2.73. The largest absolute Gasteiger partial charge is 0.385 e. The van der Waals surface area contributed by atoms with Crippen molar-refractivity contribution >= 4 is 11.3 Å². The predicted molar refractivity (Wildman–Crippen MR) is 82.1 cm³/mol. The lowest BCUT2D eigenvalue weighted by molar-refractivity contribution is 0.0283. The monoisotopic (exact) mass is 275 g/mol. The Bertz CT molecular complexity index is 530. The first-order chi connectivity index (χ1) is 9.14. The second-order valence-corrected chi connectivity index (χ2v) is 5.74. The summed E-state index contributed by atoms with van der Waals surface area (Å²) in [7, 11) is 0. The van der Waals surface area contributed by atoms with E-state index in [1.165, 1.54) is 10.4 Å². The van der Waals surface area contributed by atoms with Crippen LogP contribution >= 0.6 is 11.3 Å². The lowest BCUT2D eigenvalue weighted by Gasteiger charge is -2.26. The Labute approximate surface area is 118 Å². The fraction of sp³-hybridized carbons (Fsp3) is 0.375. The van der Waals surface area contributed by atoms with Crippen LogP contribution in [0.1, 0.15) is 37.8 Å². The van der Waals surface area contributed by atoms with Crippen molar-refractivity contribution in [2.45, 2.75) is 38.8 Å². The number of nitrogens with two attached hydrogens (primary N) is 1. The van der Waals surface area contributed by atoms with Gasteiger partial charge in [-0.1, -0.05) is 38.1 Å². The standard InChI is InChI=1S/C16H21NOS/c1-3-16(18,4-2)13-7-8-14(12(10-13)11-17)15-6-5-9-19-15/h5-10,18H,3-4,11,17H2,1-2H3. The zero-order valence-corrected chi connectivity index (χ0v) is 12.3. The van der Waals surface area contributed by atoms with Gasteiger partial charge in [0.15, 0.2) is 0 Å². The van der Waals surface area contributed by atoms with Crippen LogP contribution < -0.4 is 5.73 Å². The van der Waals surface area contributed by atoms with E-state index < -0.39 is 5.60 Å². The second-order valence-electron chi connectivity index (χ2n) is 4.79. The minimum absolute atomic E-state index is 0.491. The molecule has 0 spiro atoms. The highest BCUT2D eigenvalue weighted by molar-refractivity contribution is 7.13. The van der Waals surface area contributed by atoms with Gasteiger partial charge in [-0.25, -0.2) is 0 Å². The van der Waals surface area contributed by atoms with Gasteiger partial charge in [0.2, 0.25) is 0 Å². The van der Waals surface area contributed by atoms with Gasteiger partial charge >= 0.3 is 0 Å². The molecule has 0 saturated heterocycles. The topological polar surface area (TPSA) is 46.2 Å². The zero-order chi connectivity index (χ0) is 13.9. The SMILES string of the molecule is CCC(O)(CC)c1ccc(-c2cccs2)c(CN)c1. The Hall–Kier alpha value is -1.16. The molecule has 2 nitrogen and oxygen atoms in total. The third-order valence-corrected chi connectivity index (χ3v) is 4.72. The molecule has 0 aliphatic carbocycles. The molecular weight excluding hydrogens is 254 g/mol. The van der Waals surface area contributed by atoms with Crippen molar-refractivity contribution in [3.8, 4) is 10.4 Å². The Morgan fingerprint density at radius 3 is 2.47 bits per heavy atom. The van der Waals surface area contributed by atoms with Gasteiger partial charge in [-0.15, -0.1) is 11.3 Å². The molecule has 2 aromatic rings. The normalized spacial score (nSPS) is 11.8. The van der Waals surface area contributed by atoms with E-state index in [1.807, 2.05) is 26.0 Å². The molecule has 0 atom stereocenters. The Morgan fingerprint density at radius 2 is 1.95 bits per heavy atom. The molecule has 0 fully saturated rings. The summed E-state index contributed by atoms with van der Waals surface area (Å²) in [5, 5.41) is 12.7. The zero-order valence-electron chi connectivity index (χ0n) is 11.5. The van der Waals surface area contributed by atoms with Crippen LogP contribution in [0.4, 0.5) is 0 Å². The van der Waals surface area contributed by atoms with Crippen LogP contribution in [0.15, 0.2) is 35.7 Å². The van der Waals surface area contributed by atoms with E-state index in [1.54, 1.807) is 11.3 Å². The summed E-state index contributed by atoms with van der Waals surface area (Å²) >= 11 is 1.71. The summed E-state index contributed by atoms with van der Waals surface area (Å²) in [4.78, 5) is 1.23. The Morgan fingerprint density at radius 1 is 1.21 bits per heavy atom. The van der Waals surface area contributed by atoms with E-state index in [-0.39, 0.29) is 0 Å². The van der Waals surface area contributed by atoms with E-state index in [2.05, 4.69) is 23.6 Å². The van der Waals surface area contributed by atoms with Gasteiger partial charge in [-0.3, -0.25) is 0 Å². The fourth-order valence-corrected chi connectivity index (χ4v) is 3.17. The molecule has 1 heterocycles. The number of hydrogen-bond acceptors (Lipinski definition) is 3. The van der Waals surface area contributed by atoms with Crippen LogP contribution in [-0.4, -0.2) is 5.11 Å². The molecule has 1 aromatic carbocycles. The van der Waals surface area contributed by atoms with E-state index >= 15 is 0 Å². The first-order valence-electron chi connectivity index (χ1n) is 6.74.